The van der Waals surface area contributed by atoms with E-state index in [2.05, 4.69) is 37.9 Å². The van der Waals surface area contributed by atoms with E-state index in [1.54, 1.807) is 0 Å². The maximum Gasteiger partial charge on any atom is 0.0593 e. The molecule has 0 bridgehead atoms. The summed E-state index contributed by atoms with van der Waals surface area (Å²) in [7, 11) is 0. The fraction of sp³-hybridized carbons (Fsp3) is 1.00. The Bertz CT molecular complexity index is 299. The molecule has 0 aromatic rings. The van der Waals surface area contributed by atoms with Crippen LogP contribution in [0.25, 0.3) is 0 Å². The fourth-order valence-corrected chi connectivity index (χ4v) is 3.68. The lowest BCUT2D eigenvalue weighted by atomic mass is 9.85. The zero-order valence-corrected chi connectivity index (χ0v) is 14.0. The highest BCUT2D eigenvalue weighted by Crippen LogP contribution is 2.36. The van der Waals surface area contributed by atoms with Crippen LogP contribution in [0.5, 0.6) is 0 Å². The van der Waals surface area contributed by atoms with Gasteiger partial charge in [-0.15, -0.1) is 0 Å². The van der Waals surface area contributed by atoms with Crippen LogP contribution >= 0.6 is 0 Å². The first-order valence-corrected chi connectivity index (χ1v) is 8.57. The summed E-state index contributed by atoms with van der Waals surface area (Å²) in [4.78, 5) is 2.70. The smallest absolute Gasteiger partial charge is 0.0593 e. The van der Waals surface area contributed by atoms with Gasteiger partial charge < -0.3 is 10.1 Å². The maximum atomic E-state index is 5.82. The standard InChI is InChI=1S/C17H34N2O/c1-5-16(4)13-18-17(8-6-7-9-17)14-19(16)10-11-20-12-15(2)3/h15,18H,5-14H2,1-4H3. The lowest BCUT2D eigenvalue weighted by molar-refractivity contribution is -0.0107. The summed E-state index contributed by atoms with van der Waals surface area (Å²) in [5, 5.41) is 3.89. The lowest BCUT2D eigenvalue weighted by Gasteiger charge is -2.52. The van der Waals surface area contributed by atoms with Gasteiger partial charge in [0.1, 0.15) is 0 Å². The van der Waals surface area contributed by atoms with E-state index in [1.165, 1.54) is 38.6 Å². The minimum Gasteiger partial charge on any atom is -0.380 e. The molecule has 1 aliphatic carbocycles. The molecule has 1 saturated heterocycles. The van der Waals surface area contributed by atoms with Gasteiger partial charge in [-0.1, -0.05) is 33.6 Å². The normalized spacial score (nSPS) is 30.4. The van der Waals surface area contributed by atoms with Crippen LogP contribution in [0, 0.1) is 5.92 Å². The maximum absolute atomic E-state index is 5.82. The topological polar surface area (TPSA) is 24.5 Å². The summed E-state index contributed by atoms with van der Waals surface area (Å²) in [5.74, 6) is 0.636. The molecular formula is C17H34N2O. The quantitative estimate of drug-likeness (QED) is 0.758. The van der Waals surface area contributed by atoms with E-state index in [-0.39, 0.29) is 0 Å². The largest absolute Gasteiger partial charge is 0.380 e. The van der Waals surface area contributed by atoms with Crippen LogP contribution in [0.4, 0.5) is 0 Å². The second kappa shape index (κ2) is 6.76. The van der Waals surface area contributed by atoms with Crippen molar-refractivity contribution in [1.29, 1.82) is 0 Å². The fourth-order valence-electron chi connectivity index (χ4n) is 3.68. The summed E-state index contributed by atoms with van der Waals surface area (Å²) in [6.45, 7) is 14.4. The highest BCUT2D eigenvalue weighted by atomic mass is 16.5. The molecule has 1 N–H and O–H groups in total. The molecule has 0 aromatic heterocycles. The molecule has 0 radical (unpaired) electrons. The first-order valence-electron chi connectivity index (χ1n) is 8.57. The predicted molar refractivity (Wildman–Crippen MR) is 85.1 cm³/mol. The molecule has 0 amide bonds. The first kappa shape index (κ1) is 16.3. The van der Waals surface area contributed by atoms with E-state index < -0.39 is 0 Å². The van der Waals surface area contributed by atoms with Gasteiger partial charge in [0.2, 0.25) is 0 Å². The van der Waals surface area contributed by atoms with Crippen LogP contribution in [0.2, 0.25) is 0 Å². The van der Waals surface area contributed by atoms with Gasteiger partial charge >= 0.3 is 0 Å². The van der Waals surface area contributed by atoms with Crippen LogP contribution in [0.1, 0.15) is 59.8 Å². The number of ether oxygens (including phenoxy) is 1. The third kappa shape index (κ3) is 3.75. The van der Waals surface area contributed by atoms with E-state index in [4.69, 9.17) is 4.74 Å². The van der Waals surface area contributed by atoms with Gasteiger partial charge in [-0.25, -0.2) is 0 Å². The Morgan fingerprint density at radius 1 is 1.25 bits per heavy atom. The summed E-state index contributed by atoms with van der Waals surface area (Å²) in [6, 6.07) is 0. The molecule has 1 heterocycles. The average Bonchev–Trinajstić information content (AvgIpc) is 2.87. The van der Waals surface area contributed by atoms with E-state index in [9.17, 15) is 0 Å². The highest BCUT2D eigenvalue weighted by molar-refractivity contribution is 5.05. The predicted octanol–water partition coefficient (Wildman–Crippen LogP) is 3.05. The van der Waals surface area contributed by atoms with Crippen molar-refractivity contribution in [2.24, 2.45) is 5.92 Å². The summed E-state index contributed by atoms with van der Waals surface area (Å²) >= 11 is 0. The van der Waals surface area contributed by atoms with Crippen LogP contribution in [-0.4, -0.2) is 48.8 Å². The van der Waals surface area contributed by atoms with Crippen LogP contribution in [-0.2, 0) is 4.74 Å². The molecule has 2 rings (SSSR count). The Labute approximate surface area is 125 Å². The Kier molecular flexibility index (Phi) is 5.49. The summed E-state index contributed by atoms with van der Waals surface area (Å²) < 4.78 is 5.82. The van der Waals surface area contributed by atoms with Gasteiger partial charge in [0.15, 0.2) is 0 Å². The molecule has 0 aromatic carbocycles. The van der Waals surface area contributed by atoms with Crippen molar-refractivity contribution in [3.63, 3.8) is 0 Å². The van der Waals surface area contributed by atoms with Crippen LogP contribution in [0.3, 0.4) is 0 Å². The third-order valence-electron chi connectivity index (χ3n) is 5.38. The summed E-state index contributed by atoms with van der Waals surface area (Å²) in [5.41, 5.74) is 0.710. The van der Waals surface area contributed by atoms with Crippen molar-refractivity contribution in [2.75, 3.05) is 32.8 Å². The molecular weight excluding hydrogens is 248 g/mol. The molecule has 3 heteroatoms. The Hall–Kier alpha value is -0.120. The monoisotopic (exact) mass is 282 g/mol. The minimum absolute atomic E-state index is 0.301. The Morgan fingerprint density at radius 3 is 2.55 bits per heavy atom. The molecule has 1 spiro atoms. The number of piperazine rings is 1. The van der Waals surface area contributed by atoms with Gasteiger partial charge in [0.25, 0.3) is 0 Å². The zero-order chi connectivity index (χ0) is 14.6. The van der Waals surface area contributed by atoms with E-state index >= 15 is 0 Å². The number of nitrogens with zero attached hydrogens (tertiary/aromatic N) is 1. The van der Waals surface area contributed by atoms with Crippen molar-refractivity contribution < 1.29 is 4.74 Å². The summed E-state index contributed by atoms with van der Waals surface area (Å²) in [6.07, 6.45) is 6.72. The van der Waals surface area contributed by atoms with E-state index in [0.717, 1.165) is 26.3 Å². The molecule has 1 aliphatic heterocycles. The van der Waals surface area contributed by atoms with Crippen LogP contribution in [0.15, 0.2) is 0 Å². The van der Waals surface area contributed by atoms with Crippen molar-refractivity contribution in [3.8, 4) is 0 Å². The van der Waals surface area contributed by atoms with Crippen LogP contribution < -0.4 is 5.32 Å². The highest BCUT2D eigenvalue weighted by Gasteiger charge is 2.45. The molecule has 118 valence electrons. The molecule has 1 saturated carbocycles. The van der Waals surface area contributed by atoms with E-state index in [0.29, 0.717) is 17.0 Å². The van der Waals surface area contributed by atoms with Crippen molar-refractivity contribution in [2.45, 2.75) is 70.9 Å². The molecule has 2 aliphatic rings. The number of hydrogen-bond donors (Lipinski definition) is 1. The lowest BCUT2D eigenvalue weighted by Crippen LogP contribution is -2.68. The van der Waals surface area contributed by atoms with Gasteiger partial charge in [-0.2, -0.15) is 0 Å². The number of nitrogens with one attached hydrogen (secondary N) is 1. The van der Waals surface area contributed by atoms with Gasteiger partial charge in [-0.3, -0.25) is 4.90 Å². The van der Waals surface area contributed by atoms with Gasteiger partial charge in [-0.05, 0) is 32.1 Å². The van der Waals surface area contributed by atoms with Crippen molar-refractivity contribution in [1.82, 2.24) is 10.2 Å². The molecule has 2 fully saturated rings. The molecule has 3 nitrogen and oxygen atoms in total. The second-order valence-corrected chi connectivity index (χ2v) is 7.58. The van der Waals surface area contributed by atoms with Gasteiger partial charge in [0, 0.05) is 37.3 Å². The molecule has 1 unspecified atom stereocenters. The Morgan fingerprint density at radius 2 is 1.95 bits per heavy atom. The molecule has 20 heavy (non-hydrogen) atoms. The number of hydrogen-bond acceptors (Lipinski definition) is 3. The zero-order valence-electron chi connectivity index (χ0n) is 14.0. The second-order valence-electron chi connectivity index (χ2n) is 7.58. The average molecular weight is 282 g/mol. The number of rotatable bonds is 6. The third-order valence-corrected chi connectivity index (χ3v) is 5.38. The minimum atomic E-state index is 0.301. The first-order chi connectivity index (χ1) is 9.50. The Balaban J connectivity index is 1.90. The van der Waals surface area contributed by atoms with Gasteiger partial charge in [0.05, 0.1) is 6.61 Å². The molecule has 1 atom stereocenters. The van der Waals surface area contributed by atoms with Crippen molar-refractivity contribution in [3.05, 3.63) is 0 Å². The van der Waals surface area contributed by atoms with E-state index in [1.807, 2.05) is 0 Å². The SMILES string of the molecule is CCC1(C)CNC2(CCCC2)CN1CCOCC(C)C. The van der Waals surface area contributed by atoms with Crippen molar-refractivity contribution >= 4 is 0 Å².